The van der Waals surface area contributed by atoms with Gasteiger partial charge in [0.05, 0.1) is 5.75 Å². The molecule has 0 bridgehead atoms. The molecule has 1 heterocycles. The van der Waals surface area contributed by atoms with Gasteiger partial charge in [-0.25, -0.2) is 17.2 Å². The second-order valence-electron chi connectivity index (χ2n) is 8.87. The van der Waals surface area contributed by atoms with Gasteiger partial charge in [0.2, 0.25) is 10.0 Å². The van der Waals surface area contributed by atoms with E-state index in [-0.39, 0.29) is 11.3 Å². The van der Waals surface area contributed by atoms with Crippen molar-refractivity contribution in [3.05, 3.63) is 35.4 Å². The van der Waals surface area contributed by atoms with Gasteiger partial charge in [-0.1, -0.05) is 13.0 Å². The van der Waals surface area contributed by atoms with Crippen molar-refractivity contribution in [2.45, 2.75) is 38.1 Å². The summed E-state index contributed by atoms with van der Waals surface area (Å²) in [5.74, 6) is -1.05. The predicted octanol–water partition coefficient (Wildman–Crippen LogP) is 2.22. The molecule has 1 aliphatic heterocycles. The van der Waals surface area contributed by atoms with Crippen molar-refractivity contribution in [2.24, 2.45) is 11.8 Å². The van der Waals surface area contributed by atoms with Crippen molar-refractivity contribution in [2.75, 3.05) is 38.5 Å². The molecule has 4 rings (SSSR count). The maximum Gasteiger partial charge on any atom is 0.257 e. The van der Waals surface area contributed by atoms with Gasteiger partial charge in [0.15, 0.2) is 0 Å². The molecule has 0 spiro atoms. The number of fused-ring (bicyclic) bond motifs is 1. The summed E-state index contributed by atoms with van der Waals surface area (Å²) in [4.78, 5) is 14.8. The monoisotopic (exact) mass is 441 g/mol. The van der Waals surface area contributed by atoms with Crippen LogP contribution >= 0.6 is 0 Å². The highest BCUT2D eigenvalue weighted by molar-refractivity contribution is 7.89. The van der Waals surface area contributed by atoms with Gasteiger partial charge in [0.25, 0.3) is 5.91 Å². The molecule has 1 saturated heterocycles. The Morgan fingerprint density at radius 1 is 1.13 bits per heavy atom. The van der Waals surface area contributed by atoms with Crippen LogP contribution in [0.15, 0.2) is 18.2 Å². The van der Waals surface area contributed by atoms with Crippen molar-refractivity contribution in [1.82, 2.24) is 14.5 Å². The number of rotatable bonds is 7. The summed E-state index contributed by atoms with van der Waals surface area (Å²) in [6.07, 6.45) is 3.65. The topological polar surface area (TPSA) is 69.7 Å². The van der Waals surface area contributed by atoms with E-state index in [1.165, 1.54) is 12.5 Å². The lowest BCUT2D eigenvalue weighted by molar-refractivity contribution is 0.0457. The molecule has 6 nitrogen and oxygen atoms in total. The summed E-state index contributed by atoms with van der Waals surface area (Å²) < 4.78 is 54.2. The Bertz CT molecular complexity index is 886. The number of amides is 1. The van der Waals surface area contributed by atoms with Crippen LogP contribution in [0.25, 0.3) is 0 Å². The van der Waals surface area contributed by atoms with Gasteiger partial charge in [-0.2, -0.15) is 4.31 Å². The van der Waals surface area contributed by atoms with Crippen LogP contribution in [0.3, 0.4) is 0 Å². The first-order chi connectivity index (χ1) is 14.3. The maximum absolute atomic E-state index is 14.0. The van der Waals surface area contributed by atoms with E-state index in [1.807, 2.05) is 6.92 Å². The second kappa shape index (κ2) is 8.16. The number of carbonyl (C=O) groups is 1. The number of nitrogens with one attached hydrogen (secondary N) is 1. The maximum atomic E-state index is 14.0. The van der Waals surface area contributed by atoms with Crippen LogP contribution in [0.1, 0.15) is 43.0 Å². The van der Waals surface area contributed by atoms with Crippen LogP contribution < -0.4 is 5.32 Å². The molecule has 2 saturated carbocycles. The molecule has 2 aliphatic carbocycles. The molecule has 2 unspecified atom stereocenters. The van der Waals surface area contributed by atoms with E-state index in [4.69, 9.17) is 0 Å². The minimum absolute atomic E-state index is 0.159. The third-order valence-electron chi connectivity index (χ3n) is 6.89. The Morgan fingerprint density at radius 3 is 2.30 bits per heavy atom. The number of carbonyl (C=O) groups excluding carboxylic acids is 1. The largest absolute Gasteiger partial charge is 0.350 e. The lowest BCUT2D eigenvalue weighted by Gasteiger charge is -2.46. The molecule has 3 aliphatic rings. The van der Waals surface area contributed by atoms with Crippen LogP contribution in [0.5, 0.6) is 0 Å². The van der Waals surface area contributed by atoms with E-state index in [9.17, 15) is 22.0 Å². The third-order valence-corrected chi connectivity index (χ3v) is 8.96. The van der Waals surface area contributed by atoms with Crippen LogP contribution in [0.4, 0.5) is 8.78 Å². The molecule has 1 N–H and O–H groups in total. The van der Waals surface area contributed by atoms with Crippen LogP contribution in [0.2, 0.25) is 0 Å². The number of halogens is 2. The van der Waals surface area contributed by atoms with E-state index < -0.39 is 33.1 Å². The number of hydrogen-bond acceptors (Lipinski definition) is 4. The second-order valence-corrected chi connectivity index (χ2v) is 11.0. The molecular formula is C21H29F2N3O3S. The van der Waals surface area contributed by atoms with Gasteiger partial charge >= 0.3 is 0 Å². The predicted molar refractivity (Wildman–Crippen MR) is 109 cm³/mol. The third kappa shape index (κ3) is 4.11. The molecule has 0 radical (unpaired) electrons. The van der Waals surface area contributed by atoms with Gasteiger partial charge < -0.3 is 5.32 Å². The van der Waals surface area contributed by atoms with Gasteiger partial charge in [-0.05, 0) is 49.7 Å². The average Bonchev–Trinajstić information content (AvgIpc) is 3.32. The molecule has 1 amide bonds. The zero-order valence-corrected chi connectivity index (χ0v) is 18.1. The fourth-order valence-electron chi connectivity index (χ4n) is 5.26. The van der Waals surface area contributed by atoms with Crippen LogP contribution in [-0.4, -0.2) is 67.5 Å². The summed E-state index contributed by atoms with van der Waals surface area (Å²) in [5, 5.41) is 2.77. The smallest absolute Gasteiger partial charge is 0.257 e. The van der Waals surface area contributed by atoms with Crippen molar-refractivity contribution in [1.29, 1.82) is 0 Å². The van der Waals surface area contributed by atoms with E-state index in [0.717, 1.165) is 25.0 Å². The zero-order valence-electron chi connectivity index (χ0n) is 17.2. The molecule has 30 heavy (non-hydrogen) atoms. The fourth-order valence-corrected chi connectivity index (χ4v) is 6.75. The number of hydrogen-bond donors (Lipinski definition) is 1. The Morgan fingerprint density at radius 2 is 1.73 bits per heavy atom. The molecular weight excluding hydrogens is 412 g/mol. The first kappa shape index (κ1) is 21.6. The summed E-state index contributed by atoms with van der Waals surface area (Å²) in [6, 6.07) is 3.39. The minimum atomic E-state index is -3.22. The van der Waals surface area contributed by atoms with Gasteiger partial charge in [-0.3, -0.25) is 9.69 Å². The van der Waals surface area contributed by atoms with Crippen molar-refractivity contribution >= 4 is 15.9 Å². The van der Waals surface area contributed by atoms with E-state index in [1.54, 1.807) is 4.31 Å². The molecule has 3 fully saturated rings. The van der Waals surface area contributed by atoms with E-state index in [0.29, 0.717) is 51.0 Å². The lowest BCUT2D eigenvalue weighted by Crippen LogP contribution is -2.61. The highest BCUT2D eigenvalue weighted by atomic mass is 32.2. The highest BCUT2D eigenvalue weighted by Gasteiger charge is 2.56. The summed E-state index contributed by atoms with van der Waals surface area (Å²) >= 11 is 0. The van der Waals surface area contributed by atoms with Crippen LogP contribution in [-0.2, 0) is 10.0 Å². The minimum Gasteiger partial charge on any atom is -0.350 e. The first-order valence-corrected chi connectivity index (χ1v) is 12.3. The molecule has 2 atom stereocenters. The standard InChI is InChI=1S/C21H29F2N3O3S/c1-2-10-30(28,29)26-8-6-25(7-9-26)21(12-15-11-16(15)13-21)14-24-20(27)19-17(22)4-3-5-18(19)23/h3-5,15-16H,2,6-14H2,1H3,(H,24,27). The average molecular weight is 442 g/mol. The number of nitrogens with zero attached hydrogens (tertiary/aromatic N) is 2. The molecule has 1 aromatic rings. The summed E-state index contributed by atoms with van der Waals surface area (Å²) in [5.41, 5.74) is -0.822. The fraction of sp³-hybridized carbons (Fsp3) is 0.667. The van der Waals surface area contributed by atoms with Crippen LogP contribution in [0, 0.1) is 23.5 Å². The van der Waals surface area contributed by atoms with Crippen molar-refractivity contribution in [3.8, 4) is 0 Å². The number of piperazine rings is 1. The van der Waals surface area contributed by atoms with E-state index in [2.05, 4.69) is 10.2 Å². The van der Waals surface area contributed by atoms with Crippen molar-refractivity contribution < 1.29 is 22.0 Å². The Hall–Kier alpha value is -1.58. The Balaban J connectivity index is 1.44. The van der Waals surface area contributed by atoms with Gasteiger partial charge in [0, 0.05) is 38.3 Å². The zero-order chi connectivity index (χ0) is 21.5. The molecule has 9 heteroatoms. The van der Waals surface area contributed by atoms with Gasteiger partial charge in [0.1, 0.15) is 17.2 Å². The number of sulfonamides is 1. The van der Waals surface area contributed by atoms with Gasteiger partial charge in [-0.15, -0.1) is 0 Å². The SMILES string of the molecule is CCCS(=O)(=O)N1CCN(C2(CNC(=O)c3c(F)cccc3F)CC3CC3C2)CC1. The molecule has 0 aromatic heterocycles. The quantitative estimate of drug-likeness (QED) is 0.705. The molecule has 1 aromatic carbocycles. The normalized spacial score (nSPS) is 29.6. The summed E-state index contributed by atoms with van der Waals surface area (Å²) in [6.45, 7) is 4.26. The first-order valence-electron chi connectivity index (χ1n) is 10.7. The highest BCUT2D eigenvalue weighted by Crippen LogP contribution is 2.57. The lowest BCUT2D eigenvalue weighted by atomic mass is 9.89. The van der Waals surface area contributed by atoms with Crippen molar-refractivity contribution in [3.63, 3.8) is 0 Å². The Kier molecular flexibility index (Phi) is 5.89. The van der Waals surface area contributed by atoms with E-state index >= 15 is 0 Å². The number of benzene rings is 1. The summed E-state index contributed by atoms with van der Waals surface area (Å²) in [7, 11) is -3.22. The molecule has 166 valence electrons. The Labute approximate surface area is 176 Å².